The molecule has 0 unspecified atom stereocenters. The van der Waals surface area contributed by atoms with Crippen molar-refractivity contribution in [3.63, 3.8) is 0 Å². The molecule has 24 heavy (non-hydrogen) atoms. The van der Waals surface area contributed by atoms with E-state index in [2.05, 4.69) is 0 Å². The number of sulfonamides is 1. The zero-order valence-electron chi connectivity index (χ0n) is 13.4. The summed E-state index contributed by atoms with van der Waals surface area (Å²) in [6, 6.07) is 4.97. The van der Waals surface area contributed by atoms with Crippen LogP contribution in [0.15, 0.2) is 23.1 Å². The molecule has 2 aliphatic heterocycles. The summed E-state index contributed by atoms with van der Waals surface area (Å²) in [6.45, 7) is 1.05. The molecule has 0 aromatic heterocycles. The molecule has 0 spiro atoms. The summed E-state index contributed by atoms with van der Waals surface area (Å²) in [7, 11) is -3.67. The van der Waals surface area contributed by atoms with Crippen LogP contribution >= 0.6 is 0 Å². The van der Waals surface area contributed by atoms with Crippen LogP contribution < -0.4 is 4.74 Å². The summed E-state index contributed by atoms with van der Waals surface area (Å²) >= 11 is 0. The van der Waals surface area contributed by atoms with Gasteiger partial charge in [0.2, 0.25) is 10.0 Å². The Morgan fingerprint density at radius 3 is 2.92 bits per heavy atom. The van der Waals surface area contributed by atoms with Crippen molar-refractivity contribution in [2.75, 3.05) is 19.7 Å². The number of fused-ring (bicyclic) bond motifs is 2. The van der Waals surface area contributed by atoms with Crippen molar-refractivity contribution in [3.8, 4) is 5.75 Å². The maximum atomic E-state index is 13.0. The fraction of sp³-hybridized carbons (Fsp3) is 0.588. The van der Waals surface area contributed by atoms with Gasteiger partial charge in [-0.3, -0.25) is 4.79 Å². The average molecular weight is 351 g/mol. The van der Waals surface area contributed by atoms with Crippen LogP contribution in [0.1, 0.15) is 31.2 Å². The highest BCUT2D eigenvalue weighted by molar-refractivity contribution is 7.89. The van der Waals surface area contributed by atoms with Gasteiger partial charge in [-0.05, 0) is 55.4 Å². The molecule has 0 bridgehead atoms. The van der Waals surface area contributed by atoms with Gasteiger partial charge in [-0.1, -0.05) is 6.42 Å². The number of aryl methyl sites for hydroxylation is 1. The molecule has 0 amide bonds. The Kier molecular flexibility index (Phi) is 3.61. The Hall–Kier alpha value is -1.60. The van der Waals surface area contributed by atoms with E-state index >= 15 is 0 Å². The summed E-state index contributed by atoms with van der Waals surface area (Å²) in [6.07, 6.45) is 3.90. The zero-order valence-corrected chi connectivity index (χ0v) is 14.2. The molecule has 1 aliphatic carbocycles. The molecular weight excluding hydrogens is 330 g/mol. The van der Waals surface area contributed by atoms with E-state index in [-0.39, 0.29) is 17.4 Å². The molecule has 1 saturated heterocycles. The first kappa shape index (κ1) is 15.9. The first-order chi connectivity index (χ1) is 11.4. The van der Waals surface area contributed by atoms with Crippen molar-refractivity contribution in [2.45, 2.75) is 37.0 Å². The van der Waals surface area contributed by atoms with E-state index in [1.165, 1.54) is 4.31 Å². The van der Waals surface area contributed by atoms with Gasteiger partial charge < -0.3 is 9.84 Å². The topological polar surface area (TPSA) is 83.9 Å². The molecule has 2 fully saturated rings. The minimum atomic E-state index is -3.67. The number of benzene rings is 1. The van der Waals surface area contributed by atoms with E-state index < -0.39 is 21.4 Å². The predicted octanol–water partition coefficient (Wildman–Crippen LogP) is 1.89. The molecule has 4 rings (SSSR count). The van der Waals surface area contributed by atoms with E-state index in [1.807, 2.05) is 0 Å². The lowest BCUT2D eigenvalue weighted by Crippen LogP contribution is -2.37. The van der Waals surface area contributed by atoms with Crippen LogP contribution in [0.2, 0.25) is 0 Å². The fourth-order valence-electron chi connectivity index (χ4n) is 4.42. The Morgan fingerprint density at radius 1 is 1.33 bits per heavy atom. The van der Waals surface area contributed by atoms with Gasteiger partial charge >= 0.3 is 5.97 Å². The predicted molar refractivity (Wildman–Crippen MR) is 86.4 cm³/mol. The molecule has 0 radical (unpaired) electrons. The van der Waals surface area contributed by atoms with E-state index in [4.69, 9.17) is 4.74 Å². The molecule has 1 aromatic rings. The maximum absolute atomic E-state index is 13.0. The molecule has 7 heteroatoms. The van der Waals surface area contributed by atoms with Gasteiger partial charge in [0.15, 0.2) is 0 Å². The van der Waals surface area contributed by atoms with Crippen LogP contribution in [0.5, 0.6) is 5.75 Å². The molecule has 1 aromatic carbocycles. The maximum Gasteiger partial charge on any atom is 0.311 e. The zero-order chi connectivity index (χ0) is 16.9. The Bertz CT molecular complexity index is 790. The van der Waals surface area contributed by atoms with Crippen molar-refractivity contribution in [3.05, 3.63) is 23.8 Å². The van der Waals surface area contributed by atoms with E-state index in [0.717, 1.165) is 37.0 Å². The highest BCUT2D eigenvalue weighted by Crippen LogP contribution is 2.50. The van der Waals surface area contributed by atoms with Gasteiger partial charge in [0, 0.05) is 13.1 Å². The van der Waals surface area contributed by atoms with Crippen molar-refractivity contribution >= 4 is 16.0 Å². The van der Waals surface area contributed by atoms with Gasteiger partial charge in [0.25, 0.3) is 0 Å². The molecule has 130 valence electrons. The van der Waals surface area contributed by atoms with Gasteiger partial charge in [-0.25, -0.2) is 8.42 Å². The number of carboxylic acid groups (broad SMARTS) is 1. The number of ether oxygens (including phenoxy) is 1. The van der Waals surface area contributed by atoms with Crippen LogP contribution in [0, 0.1) is 11.3 Å². The Labute approximate surface area is 141 Å². The lowest BCUT2D eigenvalue weighted by atomic mass is 9.81. The highest BCUT2D eigenvalue weighted by Gasteiger charge is 2.57. The minimum Gasteiger partial charge on any atom is -0.493 e. The summed E-state index contributed by atoms with van der Waals surface area (Å²) in [5, 5.41) is 9.65. The average Bonchev–Trinajstić information content (AvgIpc) is 3.13. The summed E-state index contributed by atoms with van der Waals surface area (Å²) < 4.78 is 32.9. The van der Waals surface area contributed by atoms with Crippen LogP contribution in [-0.2, 0) is 21.2 Å². The Morgan fingerprint density at radius 2 is 2.17 bits per heavy atom. The van der Waals surface area contributed by atoms with E-state index in [9.17, 15) is 18.3 Å². The van der Waals surface area contributed by atoms with Crippen molar-refractivity contribution in [1.29, 1.82) is 0 Å². The van der Waals surface area contributed by atoms with Gasteiger partial charge in [-0.15, -0.1) is 0 Å². The normalized spacial score (nSPS) is 29.8. The largest absolute Gasteiger partial charge is 0.493 e. The van der Waals surface area contributed by atoms with Crippen LogP contribution in [0.25, 0.3) is 0 Å². The minimum absolute atomic E-state index is 0.0780. The second-order valence-electron chi connectivity index (χ2n) is 7.07. The van der Waals surface area contributed by atoms with E-state index in [0.29, 0.717) is 19.6 Å². The fourth-order valence-corrected chi connectivity index (χ4v) is 6.03. The third kappa shape index (κ3) is 2.25. The third-order valence-electron chi connectivity index (χ3n) is 5.78. The second-order valence-corrected chi connectivity index (χ2v) is 9.01. The standard InChI is InChI=1S/C17H21NO5S/c19-16(20)17-7-1-4-13(17)10-18(11-17)24(21,22)14-5-6-15-12(9-14)3-2-8-23-15/h5-6,9,13H,1-4,7-8,10-11H2,(H,19,20)/t13-,17+/m0/s1. The number of aliphatic carboxylic acids is 1. The van der Waals surface area contributed by atoms with Crippen LogP contribution in [0.4, 0.5) is 0 Å². The first-order valence-corrected chi connectivity index (χ1v) is 9.87. The molecule has 2 atom stereocenters. The second kappa shape index (κ2) is 5.46. The molecular formula is C17H21NO5S. The molecule has 2 heterocycles. The summed E-state index contributed by atoms with van der Waals surface area (Å²) in [5.41, 5.74) is 0.0133. The number of hydrogen-bond acceptors (Lipinski definition) is 4. The molecule has 3 aliphatic rings. The van der Waals surface area contributed by atoms with Crippen LogP contribution in [-0.4, -0.2) is 43.5 Å². The van der Waals surface area contributed by atoms with Crippen molar-refractivity contribution < 1.29 is 23.1 Å². The number of hydrogen-bond donors (Lipinski definition) is 1. The van der Waals surface area contributed by atoms with Crippen LogP contribution in [0.3, 0.4) is 0 Å². The van der Waals surface area contributed by atoms with Crippen molar-refractivity contribution in [2.24, 2.45) is 11.3 Å². The monoisotopic (exact) mass is 351 g/mol. The number of nitrogens with zero attached hydrogens (tertiary/aromatic N) is 1. The van der Waals surface area contributed by atoms with Gasteiger partial charge in [0.05, 0.1) is 16.9 Å². The Balaban J connectivity index is 1.66. The molecule has 1 saturated carbocycles. The smallest absolute Gasteiger partial charge is 0.311 e. The summed E-state index contributed by atoms with van der Waals surface area (Å²) in [4.78, 5) is 12.0. The third-order valence-corrected chi connectivity index (χ3v) is 7.59. The lowest BCUT2D eigenvalue weighted by molar-refractivity contribution is -0.149. The summed E-state index contributed by atoms with van der Waals surface area (Å²) in [5.74, 6) is -0.187. The van der Waals surface area contributed by atoms with Gasteiger partial charge in [0.1, 0.15) is 5.75 Å². The molecule has 6 nitrogen and oxygen atoms in total. The first-order valence-electron chi connectivity index (χ1n) is 8.43. The van der Waals surface area contributed by atoms with Crippen molar-refractivity contribution in [1.82, 2.24) is 4.31 Å². The lowest BCUT2D eigenvalue weighted by Gasteiger charge is -2.23. The SMILES string of the molecule is O=C(O)[C@@]12CCC[C@H]1CN(S(=O)(=O)c1ccc3c(c1)CCCO3)C2. The highest BCUT2D eigenvalue weighted by atomic mass is 32.2. The number of carbonyl (C=O) groups is 1. The van der Waals surface area contributed by atoms with Gasteiger partial charge in [-0.2, -0.15) is 4.31 Å². The molecule has 1 N–H and O–H groups in total. The number of carboxylic acids is 1. The quantitative estimate of drug-likeness (QED) is 0.899. The number of rotatable bonds is 3. The van der Waals surface area contributed by atoms with E-state index in [1.54, 1.807) is 18.2 Å².